The molecule has 0 aliphatic heterocycles. The van der Waals surface area contributed by atoms with Gasteiger partial charge in [0.2, 0.25) is 0 Å². The average Bonchev–Trinajstić information content (AvgIpc) is 2.68. The standard InChI is InChI=1S/C12H10ClFN2O2/c1-16-11(13)5-15-12(16)7-18-10-3-2-9(14)4-8(10)6-17/h2-6H,7H2,1H3. The second kappa shape index (κ2) is 5.18. The van der Waals surface area contributed by atoms with Gasteiger partial charge in [0.1, 0.15) is 29.2 Å². The topological polar surface area (TPSA) is 44.1 Å². The summed E-state index contributed by atoms with van der Waals surface area (Å²) in [5.74, 6) is 0.441. The van der Waals surface area contributed by atoms with Crippen molar-refractivity contribution in [2.45, 2.75) is 6.61 Å². The number of carbonyl (C=O) groups excluding carboxylic acids is 1. The molecule has 2 aromatic rings. The molecule has 4 nitrogen and oxygen atoms in total. The molecule has 6 heteroatoms. The molecule has 0 saturated carbocycles. The Bertz CT molecular complexity index is 583. The molecule has 18 heavy (non-hydrogen) atoms. The minimum absolute atomic E-state index is 0.149. The van der Waals surface area contributed by atoms with Crippen molar-refractivity contribution in [2.24, 2.45) is 7.05 Å². The lowest BCUT2D eigenvalue weighted by molar-refractivity contribution is 0.111. The summed E-state index contributed by atoms with van der Waals surface area (Å²) in [5.41, 5.74) is 0.162. The molecular formula is C12H10ClFN2O2. The Labute approximate surface area is 108 Å². The van der Waals surface area contributed by atoms with E-state index in [1.54, 1.807) is 11.6 Å². The number of hydrogen-bond donors (Lipinski definition) is 0. The fraction of sp³-hybridized carbons (Fsp3) is 0.167. The lowest BCUT2D eigenvalue weighted by Crippen LogP contribution is -2.05. The van der Waals surface area contributed by atoms with Crippen LogP contribution in [0.1, 0.15) is 16.2 Å². The number of benzene rings is 1. The van der Waals surface area contributed by atoms with Gasteiger partial charge in [-0.1, -0.05) is 11.6 Å². The van der Waals surface area contributed by atoms with Crippen molar-refractivity contribution in [1.29, 1.82) is 0 Å². The van der Waals surface area contributed by atoms with E-state index in [0.717, 1.165) is 6.07 Å². The van der Waals surface area contributed by atoms with Crippen molar-refractivity contribution >= 4 is 17.9 Å². The summed E-state index contributed by atoms with van der Waals surface area (Å²) < 4.78 is 20.0. The number of hydrogen-bond acceptors (Lipinski definition) is 3. The molecule has 0 atom stereocenters. The second-order valence-electron chi connectivity index (χ2n) is 3.64. The van der Waals surface area contributed by atoms with Gasteiger partial charge in [-0.15, -0.1) is 0 Å². The molecule has 0 N–H and O–H groups in total. The molecule has 0 unspecified atom stereocenters. The highest BCUT2D eigenvalue weighted by Crippen LogP contribution is 2.19. The molecule has 94 valence electrons. The number of aldehydes is 1. The van der Waals surface area contributed by atoms with E-state index in [1.165, 1.54) is 18.3 Å². The maximum Gasteiger partial charge on any atom is 0.153 e. The monoisotopic (exact) mass is 268 g/mol. The smallest absolute Gasteiger partial charge is 0.153 e. The van der Waals surface area contributed by atoms with E-state index in [2.05, 4.69) is 4.98 Å². The van der Waals surface area contributed by atoms with Crippen LogP contribution in [0.2, 0.25) is 5.15 Å². The fourth-order valence-electron chi connectivity index (χ4n) is 1.44. The largest absolute Gasteiger partial charge is 0.485 e. The van der Waals surface area contributed by atoms with E-state index in [-0.39, 0.29) is 12.2 Å². The van der Waals surface area contributed by atoms with Gasteiger partial charge in [-0.05, 0) is 18.2 Å². The van der Waals surface area contributed by atoms with Crippen LogP contribution in [-0.4, -0.2) is 15.8 Å². The summed E-state index contributed by atoms with van der Waals surface area (Å²) in [6.45, 7) is 0.149. The molecule has 1 heterocycles. The lowest BCUT2D eigenvalue weighted by Gasteiger charge is -2.08. The predicted octanol–water partition coefficient (Wildman–Crippen LogP) is 2.60. The van der Waals surface area contributed by atoms with Gasteiger partial charge in [-0.25, -0.2) is 9.37 Å². The Hall–Kier alpha value is -1.88. The Kier molecular flexibility index (Phi) is 3.62. The van der Waals surface area contributed by atoms with Gasteiger partial charge in [0, 0.05) is 7.05 Å². The van der Waals surface area contributed by atoms with Gasteiger partial charge < -0.3 is 9.30 Å². The van der Waals surface area contributed by atoms with Crippen molar-refractivity contribution in [2.75, 3.05) is 0 Å². The Morgan fingerprint density at radius 2 is 2.33 bits per heavy atom. The van der Waals surface area contributed by atoms with Crippen molar-refractivity contribution in [3.05, 3.63) is 46.8 Å². The van der Waals surface area contributed by atoms with Crippen LogP contribution in [0.5, 0.6) is 5.75 Å². The van der Waals surface area contributed by atoms with Crippen LogP contribution in [0.25, 0.3) is 0 Å². The first-order valence-corrected chi connectivity index (χ1v) is 5.53. The van der Waals surface area contributed by atoms with Crippen LogP contribution in [0.15, 0.2) is 24.4 Å². The maximum absolute atomic E-state index is 12.9. The first-order chi connectivity index (χ1) is 8.61. The van der Waals surface area contributed by atoms with Crippen molar-refractivity contribution in [3.63, 3.8) is 0 Å². The van der Waals surface area contributed by atoms with Crippen molar-refractivity contribution in [3.8, 4) is 5.75 Å². The summed E-state index contributed by atoms with van der Waals surface area (Å²) in [6.07, 6.45) is 2.05. The molecule has 0 bridgehead atoms. The van der Waals surface area contributed by atoms with Gasteiger partial charge in [-0.3, -0.25) is 4.79 Å². The quantitative estimate of drug-likeness (QED) is 0.801. The molecule has 0 fully saturated rings. The number of imidazole rings is 1. The first kappa shape index (κ1) is 12.6. The molecule has 0 spiro atoms. The molecule has 0 aliphatic rings. The summed E-state index contributed by atoms with van der Waals surface area (Å²) in [5, 5.41) is 0.489. The second-order valence-corrected chi connectivity index (χ2v) is 4.03. The number of carbonyl (C=O) groups is 1. The third kappa shape index (κ3) is 2.51. The SMILES string of the molecule is Cn1c(Cl)cnc1COc1ccc(F)cc1C=O. The van der Waals surface area contributed by atoms with E-state index < -0.39 is 5.82 Å². The van der Waals surface area contributed by atoms with Crippen LogP contribution in [0.3, 0.4) is 0 Å². The summed E-state index contributed by atoms with van der Waals surface area (Å²) in [6, 6.07) is 3.76. The lowest BCUT2D eigenvalue weighted by atomic mass is 10.2. The highest BCUT2D eigenvalue weighted by atomic mass is 35.5. The van der Waals surface area contributed by atoms with E-state index in [4.69, 9.17) is 16.3 Å². The van der Waals surface area contributed by atoms with Gasteiger partial charge in [0.15, 0.2) is 6.29 Å². The molecule has 0 saturated heterocycles. The van der Waals surface area contributed by atoms with Crippen LogP contribution < -0.4 is 4.74 Å². The van der Waals surface area contributed by atoms with Gasteiger partial charge in [0.25, 0.3) is 0 Å². The number of rotatable bonds is 4. The highest BCUT2D eigenvalue weighted by molar-refractivity contribution is 6.29. The van der Waals surface area contributed by atoms with Crippen molar-refractivity contribution in [1.82, 2.24) is 9.55 Å². The van der Waals surface area contributed by atoms with Crippen LogP contribution in [-0.2, 0) is 13.7 Å². The summed E-state index contributed by atoms with van der Waals surface area (Å²) in [4.78, 5) is 14.8. The van der Waals surface area contributed by atoms with Crippen LogP contribution >= 0.6 is 11.6 Å². The van der Waals surface area contributed by atoms with E-state index in [9.17, 15) is 9.18 Å². The molecule has 0 aliphatic carbocycles. The molecule has 2 rings (SSSR count). The van der Waals surface area contributed by atoms with Gasteiger partial charge >= 0.3 is 0 Å². The first-order valence-electron chi connectivity index (χ1n) is 5.15. The fourth-order valence-corrected chi connectivity index (χ4v) is 1.59. The third-order valence-corrected chi connectivity index (χ3v) is 2.83. The third-order valence-electron chi connectivity index (χ3n) is 2.48. The minimum atomic E-state index is -0.482. The zero-order chi connectivity index (χ0) is 13.1. The molecule has 1 aromatic carbocycles. The number of halogens is 2. The molecule has 0 radical (unpaired) electrons. The Morgan fingerprint density at radius 1 is 1.56 bits per heavy atom. The minimum Gasteiger partial charge on any atom is -0.485 e. The zero-order valence-corrected chi connectivity index (χ0v) is 10.3. The summed E-state index contributed by atoms with van der Waals surface area (Å²) >= 11 is 5.83. The predicted molar refractivity (Wildman–Crippen MR) is 64.3 cm³/mol. The van der Waals surface area contributed by atoms with Gasteiger partial charge in [0.05, 0.1) is 11.8 Å². The van der Waals surface area contributed by atoms with Crippen LogP contribution in [0.4, 0.5) is 4.39 Å². The van der Waals surface area contributed by atoms with Crippen LogP contribution in [0, 0.1) is 5.82 Å². The molecule has 1 aromatic heterocycles. The maximum atomic E-state index is 12.9. The number of aromatic nitrogens is 2. The van der Waals surface area contributed by atoms with E-state index in [0.29, 0.717) is 23.0 Å². The van der Waals surface area contributed by atoms with E-state index in [1.807, 2.05) is 0 Å². The molecule has 0 amide bonds. The number of nitrogens with zero attached hydrogens (tertiary/aromatic N) is 2. The van der Waals surface area contributed by atoms with Crippen molar-refractivity contribution < 1.29 is 13.9 Å². The van der Waals surface area contributed by atoms with E-state index >= 15 is 0 Å². The Balaban J connectivity index is 2.15. The number of ether oxygens (including phenoxy) is 1. The Morgan fingerprint density at radius 3 is 2.94 bits per heavy atom. The molecular weight excluding hydrogens is 259 g/mol. The normalized spacial score (nSPS) is 10.4. The average molecular weight is 269 g/mol. The van der Waals surface area contributed by atoms with Gasteiger partial charge in [-0.2, -0.15) is 0 Å². The summed E-state index contributed by atoms with van der Waals surface area (Å²) in [7, 11) is 1.75. The zero-order valence-electron chi connectivity index (χ0n) is 9.56. The highest BCUT2D eigenvalue weighted by Gasteiger charge is 2.08.